The zero-order valence-electron chi connectivity index (χ0n) is 14.5. The number of carbonyl (C=O) groups is 1. The molecule has 5 aliphatic rings. The van der Waals surface area contributed by atoms with E-state index in [1.807, 2.05) is 0 Å². The number of ether oxygens (including phenoxy) is 1. The fourth-order valence-electron chi connectivity index (χ4n) is 6.87. The van der Waals surface area contributed by atoms with E-state index in [4.69, 9.17) is 9.57 Å². The van der Waals surface area contributed by atoms with Crippen LogP contribution in [0.5, 0.6) is 0 Å². The van der Waals surface area contributed by atoms with Crippen LogP contribution in [0.15, 0.2) is 23.8 Å². The molecule has 0 radical (unpaired) electrons. The molecule has 0 aromatic heterocycles. The lowest BCUT2D eigenvalue weighted by atomic mass is 9.56. The molecule has 0 spiro atoms. The van der Waals surface area contributed by atoms with E-state index in [2.05, 4.69) is 23.7 Å². The van der Waals surface area contributed by atoms with Crippen LogP contribution in [0.25, 0.3) is 0 Å². The first-order valence-corrected chi connectivity index (χ1v) is 9.75. The van der Waals surface area contributed by atoms with Crippen LogP contribution >= 0.6 is 0 Å². The Morgan fingerprint density at radius 3 is 3.12 bits per heavy atom. The van der Waals surface area contributed by atoms with Gasteiger partial charge in [-0.1, -0.05) is 23.8 Å². The summed E-state index contributed by atoms with van der Waals surface area (Å²) in [6.45, 7) is -0.401. The Bertz CT molecular complexity index is 632. The van der Waals surface area contributed by atoms with E-state index in [0.717, 1.165) is 25.7 Å². The van der Waals surface area contributed by atoms with Crippen LogP contribution in [0.3, 0.4) is 0 Å². The monoisotopic (exact) mass is 347 g/mol. The number of rotatable bonds is 2. The molecule has 136 valence electrons. The van der Waals surface area contributed by atoms with Gasteiger partial charge in [0, 0.05) is 24.3 Å². The van der Waals surface area contributed by atoms with Crippen molar-refractivity contribution >= 4 is 5.97 Å². The van der Waals surface area contributed by atoms with Gasteiger partial charge in [-0.2, -0.15) is 0 Å². The fourth-order valence-corrected chi connectivity index (χ4v) is 6.87. The molecule has 4 nitrogen and oxygen atoms in total. The summed E-state index contributed by atoms with van der Waals surface area (Å²) < 4.78 is 17.5. The van der Waals surface area contributed by atoms with Crippen molar-refractivity contribution in [2.75, 3.05) is 13.4 Å². The maximum Gasteiger partial charge on any atom is 0.343 e. The van der Waals surface area contributed by atoms with Crippen molar-refractivity contribution in [3.05, 3.63) is 23.8 Å². The summed E-state index contributed by atoms with van der Waals surface area (Å²) in [6, 6.07) is 0. The second-order valence-electron chi connectivity index (χ2n) is 8.40. The van der Waals surface area contributed by atoms with Gasteiger partial charge >= 0.3 is 5.97 Å². The molecule has 7 unspecified atom stereocenters. The van der Waals surface area contributed by atoms with Gasteiger partial charge in [0.05, 0.1) is 0 Å². The Kier molecular flexibility index (Phi) is 3.79. The summed E-state index contributed by atoms with van der Waals surface area (Å²) in [6.07, 6.45) is 13.7. The normalized spacial score (nSPS) is 47.3. The summed E-state index contributed by atoms with van der Waals surface area (Å²) in [5.41, 5.74) is 3.58. The Hall–Kier alpha value is -1.20. The van der Waals surface area contributed by atoms with Gasteiger partial charge in [-0.15, -0.1) is 0 Å². The highest BCUT2D eigenvalue weighted by Gasteiger charge is 2.67. The molecule has 0 aromatic rings. The van der Waals surface area contributed by atoms with Gasteiger partial charge in [0.25, 0.3) is 0 Å². The zero-order chi connectivity index (χ0) is 17.0. The van der Waals surface area contributed by atoms with Gasteiger partial charge in [0.15, 0.2) is 5.60 Å². The highest BCUT2D eigenvalue weighted by atomic mass is 19.1. The number of allylic oxidation sites excluding steroid dienone is 4. The lowest BCUT2D eigenvalue weighted by Gasteiger charge is -2.49. The minimum absolute atomic E-state index is 0.110. The van der Waals surface area contributed by atoms with Crippen molar-refractivity contribution in [2.24, 2.45) is 35.5 Å². The van der Waals surface area contributed by atoms with Crippen molar-refractivity contribution < 1.29 is 18.8 Å². The van der Waals surface area contributed by atoms with Gasteiger partial charge < -0.3 is 4.74 Å². The number of hydrogen-bond acceptors (Lipinski definition) is 4. The molecule has 0 bridgehead atoms. The molecule has 25 heavy (non-hydrogen) atoms. The predicted octanol–water partition coefficient (Wildman–Crippen LogP) is 3.31. The van der Waals surface area contributed by atoms with E-state index in [1.165, 1.54) is 12.8 Å². The summed E-state index contributed by atoms with van der Waals surface area (Å²) in [7, 11) is 0. The molecule has 5 heteroatoms. The molecule has 0 amide bonds. The van der Waals surface area contributed by atoms with Gasteiger partial charge in [0.2, 0.25) is 6.86 Å². The average molecular weight is 347 g/mol. The molecule has 4 aliphatic carbocycles. The maximum atomic E-state index is 12.7. The summed E-state index contributed by atoms with van der Waals surface area (Å²) in [5, 5.41) is 0. The standard InChI is InChI=1S/C20H26FNO3/c21-11-24-19(23)20-13(10-22-25-20)9-17-16-6-5-12-3-1-2-4-14(12)15(16)7-8-18(17)20/h2-4,13-18,22H,1,5-11H2. The number of esters is 1. The van der Waals surface area contributed by atoms with E-state index >= 15 is 0 Å². The van der Waals surface area contributed by atoms with Crippen LogP contribution in [0.2, 0.25) is 0 Å². The Labute approximate surface area is 147 Å². The van der Waals surface area contributed by atoms with Crippen molar-refractivity contribution in [3.63, 3.8) is 0 Å². The van der Waals surface area contributed by atoms with Crippen molar-refractivity contribution in [1.82, 2.24) is 5.48 Å². The Morgan fingerprint density at radius 2 is 2.24 bits per heavy atom. The smallest absolute Gasteiger partial charge is 0.343 e. The third-order valence-corrected chi connectivity index (χ3v) is 7.73. The first kappa shape index (κ1) is 16.0. The fraction of sp³-hybridized carbons (Fsp3) is 0.750. The number of alkyl halides is 1. The summed E-state index contributed by atoms with van der Waals surface area (Å²) >= 11 is 0. The number of hydroxylamine groups is 1. The molecular formula is C20H26FNO3. The number of fused-ring (bicyclic) bond motifs is 7. The number of carbonyl (C=O) groups excluding carboxylic acids is 1. The van der Waals surface area contributed by atoms with E-state index in [0.29, 0.717) is 30.2 Å². The average Bonchev–Trinajstić information content (AvgIpc) is 3.19. The third kappa shape index (κ3) is 2.15. The van der Waals surface area contributed by atoms with Crippen LogP contribution in [0, 0.1) is 35.5 Å². The third-order valence-electron chi connectivity index (χ3n) is 7.73. The van der Waals surface area contributed by atoms with Crippen LogP contribution in [-0.2, 0) is 14.4 Å². The SMILES string of the molecule is O=C(OCF)C12ONCC1CC1C3CCC4=CCC=CC4C3CCC12. The molecule has 1 aliphatic heterocycles. The van der Waals surface area contributed by atoms with Crippen LogP contribution in [0.1, 0.15) is 38.5 Å². The first-order valence-electron chi connectivity index (χ1n) is 9.75. The quantitative estimate of drug-likeness (QED) is 0.615. The molecule has 7 atom stereocenters. The summed E-state index contributed by atoms with van der Waals surface area (Å²) in [4.78, 5) is 18.5. The van der Waals surface area contributed by atoms with Gasteiger partial charge in [-0.05, 0) is 56.3 Å². The zero-order valence-corrected chi connectivity index (χ0v) is 14.5. The van der Waals surface area contributed by atoms with E-state index < -0.39 is 18.4 Å². The molecule has 3 saturated carbocycles. The minimum atomic E-state index is -1.07. The molecule has 4 fully saturated rings. The minimum Gasteiger partial charge on any atom is -0.432 e. The van der Waals surface area contributed by atoms with E-state index in [-0.39, 0.29) is 11.8 Å². The first-order chi connectivity index (χ1) is 12.3. The molecule has 5 rings (SSSR count). The van der Waals surface area contributed by atoms with Crippen LogP contribution < -0.4 is 5.48 Å². The lowest BCUT2D eigenvalue weighted by Crippen LogP contribution is -2.52. The maximum absolute atomic E-state index is 12.7. The van der Waals surface area contributed by atoms with Crippen molar-refractivity contribution in [2.45, 2.75) is 44.1 Å². The van der Waals surface area contributed by atoms with Gasteiger partial charge in [-0.3, -0.25) is 4.84 Å². The largest absolute Gasteiger partial charge is 0.432 e. The Balaban J connectivity index is 1.45. The molecule has 0 aromatic carbocycles. The van der Waals surface area contributed by atoms with Crippen LogP contribution in [0.4, 0.5) is 4.39 Å². The number of halogens is 1. The van der Waals surface area contributed by atoms with Crippen molar-refractivity contribution in [1.29, 1.82) is 0 Å². The molecule has 1 saturated heterocycles. The molecular weight excluding hydrogens is 321 g/mol. The molecule has 1 heterocycles. The Morgan fingerprint density at radius 1 is 1.32 bits per heavy atom. The van der Waals surface area contributed by atoms with Gasteiger partial charge in [0.1, 0.15) is 0 Å². The van der Waals surface area contributed by atoms with E-state index in [9.17, 15) is 9.18 Å². The highest BCUT2D eigenvalue weighted by Crippen LogP contribution is 2.62. The number of nitrogens with one attached hydrogen (secondary N) is 1. The topological polar surface area (TPSA) is 47.6 Å². The lowest BCUT2D eigenvalue weighted by molar-refractivity contribution is -0.190. The second-order valence-corrected chi connectivity index (χ2v) is 8.40. The number of hydrogen-bond donors (Lipinski definition) is 1. The second kappa shape index (κ2) is 5.92. The van der Waals surface area contributed by atoms with Gasteiger partial charge in [-0.25, -0.2) is 14.7 Å². The molecule has 1 N–H and O–H groups in total. The van der Waals surface area contributed by atoms with E-state index in [1.54, 1.807) is 5.57 Å². The predicted molar refractivity (Wildman–Crippen MR) is 89.8 cm³/mol. The summed E-state index contributed by atoms with van der Waals surface area (Å²) in [5.74, 6) is 2.21. The van der Waals surface area contributed by atoms with Crippen molar-refractivity contribution in [3.8, 4) is 0 Å². The van der Waals surface area contributed by atoms with Crippen LogP contribution in [-0.4, -0.2) is 25.0 Å². The highest BCUT2D eigenvalue weighted by molar-refractivity contribution is 5.81.